The second kappa shape index (κ2) is 8.43. The molecule has 2 aromatic rings. The van der Waals surface area contributed by atoms with Gasteiger partial charge in [-0.15, -0.1) is 23.1 Å². The number of hydrazine groups is 1. The second-order valence-corrected chi connectivity index (χ2v) is 10.5. The molecule has 0 fully saturated rings. The number of carbonyl (C=O) groups excluding carboxylic acids is 2. The molecule has 1 heterocycles. The molecule has 0 aliphatic heterocycles. The molecule has 2 N–H and O–H groups in total. The van der Waals surface area contributed by atoms with Gasteiger partial charge in [-0.1, -0.05) is 11.6 Å². The first-order valence-electron chi connectivity index (χ1n) is 7.44. The number of nitrogens with one attached hydrogen (secondary N) is 2. The van der Waals surface area contributed by atoms with Crippen molar-refractivity contribution in [2.24, 2.45) is 0 Å². The Morgan fingerprint density at radius 3 is 2.23 bits per heavy atom. The number of hydrogen-bond acceptors (Lipinski definition) is 6. The average molecular weight is 433 g/mol. The minimum Gasteiger partial charge on any atom is -0.267 e. The zero-order chi connectivity index (χ0) is 19.5. The summed E-state index contributed by atoms with van der Waals surface area (Å²) < 4.78 is 25.3. The van der Waals surface area contributed by atoms with Crippen molar-refractivity contribution >= 4 is 56.4 Å². The normalized spacial score (nSPS) is 11.4. The molecule has 0 saturated heterocycles. The Kier molecular flexibility index (Phi) is 6.73. The van der Waals surface area contributed by atoms with Gasteiger partial charge in [0.15, 0.2) is 9.84 Å². The lowest BCUT2D eigenvalue weighted by Gasteiger charge is -2.07. The fourth-order valence-corrected chi connectivity index (χ4v) is 5.75. The summed E-state index contributed by atoms with van der Waals surface area (Å²) in [7, 11) is -3.50. The molecule has 0 aliphatic rings. The van der Waals surface area contributed by atoms with Gasteiger partial charge in [0.2, 0.25) is 0 Å². The molecule has 0 radical (unpaired) electrons. The van der Waals surface area contributed by atoms with Crippen molar-refractivity contribution in [1.82, 2.24) is 10.9 Å². The minimum absolute atomic E-state index is 0.138. The van der Waals surface area contributed by atoms with E-state index < -0.39 is 26.9 Å². The number of carbonyl (C=O) groups is 2. The third-order valence-electron chi connectivity index (χ3n) is 3.40. The monoisotopic (exact) mass is 432 g/mol. The molecule has 0 bridgehead atoms. The van der Waals surface area contributed by atoms with Crippen LogP contribution in [0.4, 0.5) is 0 Å². The number of halogens is 1. The van der Waals surface area contributed by atoms with E-state index in [2.05, 4.69) is 10.9 Å². The maximum Gasteiger partial charge on any atom is 0.279 e. The number of amides is 2. The first-order valence-corrected chi connectivity index (χ1v) is 11.4. The Morgan fingerprint density at radius 1 is 1.12 bits per heavy atom. The summed E-state index contributed by atoms with van der Waals surface area (Å²) in [6, 6.07) is 7.51. The predicted octanol–water partition coefficient (Wildman–Crippen LogP) is 3.38. The number of benzene rings is 1. The van der Waals surface area contributed by atoms with Crippen LogP contribution in [0, 0.1) is 0 Å². The highest BCUT2D eigenvalue weighted by Gasteiger charge is 2.27. The molecule has 140 valence electrons. The summed E-state index contributed by atoms with van der Waals surface area (Å²) in [4.78, 5) is 24.6. The highest BCUT2D eigenvalue weighted by atomic mass is 35.5. The fourth-order valence-electron chi connectivity index (χ4n) is 1.91. The Morgan fingerprint density at radius 2 is 1.69 bits per heavy atom. The van der Waals surface area contributed by atoms with E-state index in [1.54, 1.807) is 32.2 Å². The van der Waals surface area contributed by atoms with Crippen LogP contribution in [0.3, 0.4) is 0 Å². The lowest BCUT2D eigenvalue weighted by Crippen LogP contribution is -2.41. The molecule has 0 saturated carbocycles. The van der Waals surface area contributed by atoms with Gasteiger partial charge in [-0.3, -0.25) is 20.4 Å². The van der Waals surface area contributed by atoms with Crippen LogP contribution in [0.15, 0.2) is 39.4 Å². The number of thiophene rings is 1. The van der Waals surface area contributed by atoms with Crippen molar-refractivity contribution in [3.8, 4) is 0 Å². The van der Waals surface area contributed by atoms with Crippen molar-refractivity contribution in [2.45, 2.75) is 28.2 Å². The largest absolute Gasteiger partial charge is 0.279 e. The van der Waals surface area contributed by atoms with E-state index in [1.165, 1.54) is 30.0 Å². The maximum atomic E-state index is 12.4. The molecule has 0 aliphatic carbocycles. The van der Waals surface area contributed by atoms with E-state index >= 15 is 0 Å². The van der Waals surface area contributed by atoms with Gasteiger partial charge in [0, 0.05) is 10.6 Å². The lowest BCUT2D eigenvalue weighted by molar-refractivity contribution is 0.0849. The molecule has 0 unspecified atom stereocenters. The molecule has 0 spiro atoms. The Bertz CT molecular complexity index is 921. The Labute approximate surface area is 165 Å². The van der Waals surface area contributed by atoms with E-state index in [4.69, 9.17) is 11.6 Å². The van der Waals surface area contributed by atoms with Crippen LogP contribution >= 0.6 is 34.7 Å². The van der Waals surface area contributed by atoms with E-state index in [-0.39, 0.29) is 9.77 Å². The molecule has 1 aromatic carbocycles. The van der Waals surface area contributed by atoms with Crippen LogP contribution in [0.2, 0.25) is 5.02 Å². The average Bonchev–Trinajstić information content (AvgIpc) is 3.05. The van der Waals surface area contributed by atoms with Crippen molar-refractivity contribution in [3.63, 3.8) is 0 Å². The van der Waals surface area contributed by atoms with E-state index in [9.17, 15) is 18.0 Å². The molecular formula is C16H17ClN2O4S3. The molecule has 6 nitrogen and oxygen atoms in total. The van der Waals surface area contributed by atoms with Crippen LogP contribution in [0.5, 0.6) is 0 Å². The molecular weight excluding hydrogens is 416 g/mol. The van der Waals surface area contributed by atoms with Crippen molar-refractivity contribution in [3.05, 3.63) is 45.8 Å². The predicted molar refractivity (Wildman–Crippen MR) is 105 cm³/mol. The fraction of sp³-hybridized carbons (Fsp3) is 0.250. The summed E-state index contributed by atoms with van der Waals surface area (Å²) in [5, 5.41) is -0.101. The number of rotatable bonds is 5. The van der Waals surface area contributed by atoms with E-state index in [1.807, 2.05) is 0 Å². The number of hydrogen-bond donors (Lipinski definition) is 2. The minimum atomic E-state index is -3.50. The Balaban J connectivity index is 2.14. The lowest BCUT2D eigenvalue weighted by atomic mass is 10.2. The summed E-state index contributed by atoms with van der Waals surface area (Å²) in [5.41, 5.74) is 4.91. The van der Waals surface area contributed by atoms with Gasteiger partial charge in [0.25, 0.3) is 11.8 Å². The van der Waals surface area contributed by atoms with Crippen LogP contribution in [-0.4, -0.2) is 31.7 Å². The third-order valence-corrected chi connectivity index (χ3v) is 8.35. The van der Waals surface area contributed by atoms with Crippen LogP contribution in [0.1, 0.15) is 33.9 Å². The zero-order valence-electron chi connectivity index (χ0n) is 14.2. The van der Waals surface area contributed by atoms with Gasteiger partial charge in [-0.05, 0) is 50.4 Å². The maximum absolute atomic E-state index is 12.4. The zero-order valence-corrected chi connectivity index (χ0v) is 17.4. The van der Waals surface area contributed by atoms with Crippen molar-refractivity contribution in [1.29, 1.82) is 0 Å². The topological polar surface area (TPSA) is 92.3 Å². The molecule has 2 amide bonds. The molecule has 10 heteroatoms. The van der Waals surface area contributed by atoms with E-state index in [0.29, 0.717) is 14.8 Å². The summed E-state index contributed by atoms with van der Waals surface area (Å²) in [6.45, 7) is 3.17. The van der Waals surface area contributed by atoms with Crippen LogP contribution in [0.25, 0.3) is 0 Å². The summed E-state index contributed by atoms with van der Waals surface area (Å²) in [6.07, 6.45) is 1.75. The van der Waals surface area contributed by atoms with Crippen LogP contribution < -0.4 is 10.9 Å². The molecule has 26 heavy (non-hydrogen) atoms. The molecule has 1 aromatic heterocycles. The van der Waals surface area contributed by atoms with Gasteiger partial charge in [0.05, 0.1) is 19.2 Å². The van der Waals surface area contributed by atoms with Gasteiger partial charge >= 0.3 is 0 Å². The third kappa shape index (κ3) is 4.59. The van der Waals surface area contributed by atoms with Crippen molar-refractivity contribution < 1.29 is 18.0 Å². The first-order chi connectivity index (χ1) is 12.2. The summed E-state index contributed by atoms with van der Waals surface area (Å²) >= 11 is 8.09. The molecule has 2 rings (SSSR count). The van der Waals surface area contributed by atoms with Gasteiger partial charge in [-0.2, -0.15) is 0 Å². The first kappa shape index (κ1) is 20.8. The number of thioether (sulfide) groups is 1. The Hall–Kier alpha value is -1.55. The smallest absolute Gasteiger partial charge is 0.267 e. The second-order valence-electron chi connectivity index (χ2n) is 5.48. The standard InChI is InChI=1S/C16H17ClN2O4S3/c1-9(2)26(22,23)13-8-12(25-16(13)24-3)15(21)19-18-14(20)10-4-6-11(17)7-5-10/h4-9H,1-3H3,(H,18,20)(H,19,21). The van der Waals surface area contributed by atoms with E-state index in [0.717, 1.165) is 11.3 Å². The van der Waals surface area contributed by atoms with Crippen LogP contribution in [-0.2, 0) is 9.84 Å². The van der Waals surface area contributed by atoms with Gasteiger partial charge in [0.1, 0.15) is 0 Å². The van der Waals surface area contributed by atoms with Crippen molar-refractivity contribution in [2.75, 3.05) is 6.26 Å². The highest BCUT2D eigenvalue weighted by molar-refractivity contribution is 8.01. The van der Waals surface area contributed by atoms with Gasteiger partial charge in [-0.25, -0.2) is 8.42 Å². The van der Waals surface area contributed by atoms with Gasteiger partial charge < -0.3 is 0 Å². The SMILES string of the molecule is CSc1sc(C(=O)NNC(=O)c2ccc(Cl)cc2)cc1S(=O)(=O)C(C)C. The quantitative estimate of drug-likeness (QED) is 0.558. The number of sulfone groups is 1. The summed E-state index contributed by atoms with van der Waals surface area (Å²) in [5.74, 6) is -1.09. The molecule has 0 atom stereocenters. The highest BCUT2D eigenvalue weighted by Crippen LogP contribution is 2.35.